The number of ketones is 2. The maximum absolute atomic E-state index is 12.7. The van der Waals surface area contributed by atoms with Crippen LogP contribution in [0.25, 0.3) is 6.08 Å². The molecule has 162 valence electrons. The molecule has 0 fully saturated rings. The van der Waals surface area contributed by atoms with Crippen LogP contribution in [0.3, 0.4) is 0 Å². The van der Waals surface area contributed by atoms with Gasteiger partial charge in [-0.3, -0.25) is 9.59 Å². The van der Waals surface area contributed by atoms with Gasteiger partial charge in [-0.05, 0) is 59.0 Å². The fourth-order valence-electron chi connectivity index (χ4n) is 3.36. The van der Waals surface area contributed by atoms with Gasteiger partial charge in [-0.1, -0.05) is 56.6 Å². The first-order valence-corrected chi connectivity index (χ1v) is 10.7. The molecule has 3 aromatic carbocycles. The van der Waals surface area contributed by atoms with Gasteiger partial charge in [-0.25, -0.2) is 0 Å². The Labute approximate surface area is 192 Å². The molecule has 32 heavy (non-hydrogen) atoms. The van der Waals surface area contributed by atoms with Crippen LogP contribution in [-0.2, 0) is 5.41 Å². The molecule has 0 saturated heterocycles. The zero-order valence-corrected chi connectivity index (χ0v) is 18.9. The van der Waals surface area contributed by atoms with Gasteiger partial charge in [0.15, 0.2) is 18.1 Å². The second-order valence-electron chi connectivity index (χ2n) is 8.69. The minimum absolute atomic E-state index is 0.0624. The number of fused-ring (bicyclic) bond motifs is 1. The minimum atomic E-state index is -0.177. The van der Waals surface area contributed by atoms with Crippen LogP contribution >= 0.6 is 11.6 Å². The Hall–Kier alpha value is -3.37. The molecule has 0 atom stereocenters. The van der Waals surface area contributed by atoms with Crippen molar-refractivity contribution in [1.82, 2.24) is 0 Å². The van der Waals surface area contributed by atoms with Gasteiger partial charge < -0.3 is 9.47 Å². The first kappa shape index (κ1) is 21.8. The van der Waals surface area contributed by atoms with Crippen LogP contribution in [0, 0.1) is 0 Å². The highest BCUT2D eigenvalue weighted by molar-refractivity contribution is 6.30. The summed E-state index contributed by atoms with van der Waals surface area (Å²) in [5.74, 6) is 0.790. The normalized spacial score (nSPS) is 14.2. The Morgan fingerprint density at radius 1 is 1.00 bits per heavy atom. The monoisotopic (exact) mass is 446 g/mol. The standard InChI is InChI=1S/C27H23ClO4/c1-27(2,3)19-8-4-17(5-9-19)14-25-26(30)22-13-12-21(15-24(22)32-25)31-16-23(29)18-6-10-20(28)11-7-18/h4-15H,16H2,1-3H3/b25-14-. The molecule has 1 heterocycles. The van der Waals surface area contributed by atoms with Crippen molar-refractivity contribution in [3.05, 3.63) is 99.8 Å². The van der Waals surface area contributed by atoms with Gasteiger partial charge in [-0.2, -0.15) is 0 Å². The average Bonchev–Trinajstić information content (AvgIpc) is 3.07. The Balaban J connectivity index is 1.45. The third kappa shape index (κ3) is 4.76. The summed E-state index contributed by atoms with van der Waals surface area (Å²) in [6, 6.07) is 19.7. The third-order valence-corrected chi connectivity index (χ3v) is 5.50. The Bertz CT molecular complexity index is 1200. The van der Waals surface area contributed by atoms with E-state index in [0.29, 0.717) is 27.6 Å². The van der Waals surface area contributed by atoms with E-state index in [2.05, 4.69) is 32.9 Å². The fourth-order valence-corrected chi connectivity index (χ4v) is 3.48. The van der Waals surface area contributed by atoms with Gasteiger partial charge >= 0.3 is 0 Å². The van der Waals surface area contributed by atoms with Gasteiger partial charge in [0.25, 0.3) is 0 Å². The van der Waals surface area contributed by atoms with Crippen molar-refractivity contribution in [3.8, 4) is 11.5 Å². The first-order chi connectivity index (χ1) is 15.2. The van der Waals surface area contributed by atoms with E-state index in [1.165, 1.54) is 5.56 Å². The topological polar surface area (TPSA) is 52.6 Å². The lowest BCUT2D eigenvalue weighted by Crippen LogP contribution is -2.11. The van der Waals surface area contributed by atoms with Crippen LogP contribution in [-0.4, -0.2) is 18.2 Å². The van der Waals surface area contributed by atoms with E-state index in [1.54, 1.807) is 48.5 Å². The highest BCUT2D eigenvalue weighted by atomic mass is 35.5. The van der Waals surface area contributed by atoms with Crippen LogP contribution in [0.2, 0.25) is 5.02 Å². The summed E-state index contributed by atoms with van der Waals surface area (Å²) in [4.78, 5) is 25.0. The molecule has 0 saturated carbocycles. The van der Waals surface area contributed by atoms with E-state index >= 15 is 0 Å². The van der Waals surface area contributed by atoms with E-state index in [-0.39, 0.29) is 29.3 Å². The average molecular weight is 447 g/mol. The number of rotatable bonds is 5. The van der Waals surface area contributed by atoms with Gasteiger partial charge in [0.1, 0.15) is 11.5 Å². The molecule has 0 aliphatic carbocycles. The number of hydrogen-bond donors (Lipinski definition) is 0. The molecule has 4 rings (SSSR count). The predicted octanol–water partition coefficient (Wildman–Crippen LogP) is 6.52. The summed E-state index contributed by atoms with van der Waals surface area (Å²) in [7, 11) is 0. The lowest BCUT2D eigenvalue weighted by Gasteiger charge is -2.18. The summed E-state index contributed by atoms with van der Waals surface area (Å²) < 4.78 is 11.4. The SMILES string of the molecule is CC(C)(C)c1ccc(/C=C2\Oc3cc(OCC(=O)c4ccc(Cl)cc4)ccc3C2=O)cc1. The number of ether oxygens (including phenoxy) is 2. The second kappa shape index (κ2) is 8.64. The smallest absolute Gasteiger partial charge is 0.231 e. The summed E-state index contributed by atoms with van der Waals surface area (Å²) in [5.41, 5.74) is 3.16. The van der Waals surface area contributed by atoms with Crippen LogP contribution in [0.1, 0.15) is 52.6 Å². The Morgan fingerprint density at radius 3 is 2.34 bits per heavy atom. The number of Topliss-reactive ketones (excluding diaryl/α,β-unsaturated/α-hetero) is 2. The maximum atomic E-state index is 12.7. The fraction of sp³-hybridized carbons (Fsp3) is 0.185. The van der Waals surface area contributed by atoms with Crippen molar-refractivity contribution in [1.29, 1.82) is 0 Å². The molecule has 0 unspecified atom stereocenters. The molecule has 0 bridgehead atoms. The number of carbonyl (C=O) groups excluding carboxylic acids is 2. The molecule has 0 radical (unpaired) electrons. The van der Waals surface area contributed by atoms with Crippen LogP contribution in [0.4, 0.5) is 0 Å². The van der Waals surface area contributed by atoms with Crippen LogP contribution in [0.5, 0.6) is 11.5 Å². The van der Waals surface area contributed by atoms with Crippen molar-refractivity contribution in [3.63, 3.8) is 0 Å². The van der Waals surface area contributed by atoms with E-state index in [4.69, 9.17) is 21.1 Å². The molecule has 0 amide bonds. The van der Waals surface area contributed by atoms with Crippen molar-refractivity contribution < 1.29 is 19.1 Å². The lowest BCUT2D eigenvalue weighted by atomic mass is 9.86. The van der Waals surface area contributed by atoms with Gasteiger partial charge in [0.2, 0.25) is 5.78 Å². The summed E-state index contributed by atoms with van der Waals surface area (Å²) >= 11 is 5.85. The van der Waals surface area contributed by atoms with Crippen molar-refractivity contribution in [2.45, 2.75) is 26.2 Å². The Kier molecular flexibility index (Phi) is 5.90. The van der Waals surface area contributed by atoms with Crippen LogP contribution in [0.15, 0.2) is 72.5 Å². The van der Waals surface area contributed by atoms with Gasteiger partial charge in [0, 0.05) is 16.7 Å². The highest BCUT2D eigenvalue weighted by Gasteiger charge is 2.28. The molecule has 0 aromatic heterocycles. The molecule has 4 nitrogen and oxygen atoms in total. The quantitative estimate of drug-likeness (QED) is 0.331. The number of carbonyl (C=O) groups is 2. The van der Waals surface area contributed by atoms with Crippen molar-refractivity contribution in [2.75, 3.05) is 6.61 Å². The molecule has 5 heteroatoms. The maximum Gasteiger partial charge on any atom is 0.231 e. The third-order valence-electron chi connectivity index (χ3n) is 5.25. The molecular formula is C27H23ClO4. The molecule has 1 aliphatic rings. The zero-order valence-electron chi connectivity index (χ0n) is 18.1. The molecule has 0 N–H and O–H groups in total. The zero-order chi connectivity index (χ0) is 22.9. The predicted molar refractivity (Wildman–Crippen MR) is 126 cm³/mol. The van der Waals surface area contributed by atoms with E-state index in [1.807, 2.05) is 12.1 Å². The molecular weight excluding hydrogens is 424 g/mol. The molecule has 1 aliphatic heterocycles. The second-order valence-corrected chi connectivity index (χ2v) is 9.12. The van der Waals surface area contributed by atoms with Gasteiger partial charge in [0.05, 0.1) is 5.56 Å². The summed E-state index contributed by atoms with van der Waals surface area (Å²) in [5, 5.41) is 0.567. The van der Waals surface area contributed by atoms with Crippen molar-refractivity contribution >= 4 is 29.2 Å². The van der Waals surface area contributed by atoms with Crippen LogP contribution < -0.4 is 9.47 Å². The minimum Gasteiger partial charge on any atom is -0.485 e. The number of benzene rings is 3. The first-order valence-electron chi connectivity index (χ1n) is 10.3. The summed E-state index contributed by atoms with van der Waals surface area (Å²) in [6.07, 6.45) is 1.74. The van der Waals surface area contributed by atoms with E-state index < -0.39 is 0 Å². The lowest BCUT2D eigenvalue weighted by molar-refractivity contribution is 0.0921. The number of hydrogen-bond acceptors (Lipinski definition) is 4. The van der Waals surface area contributed by atoms with Crippen molar-refractivity contribution in [2.24, 2.45) is 0 Å². The number of halogens is 1. The largest absolute Gasteiger partial charge is 0.485 e. The molecule has 0 spiro atoms. The molecule has 3 aromatic rings. The number of allylic oxidation sites excluding steroid dienone is 1. The summed E-state index contributed by atoms with van der Waals surface area (Å²) in [6.45, 7) is 6.34. The highest BCUT2D eigenvalue weighted by Crippen LogP contribution is 2.35. The van der Waals surface area contributed by atoms with E-state index in [9.17, 15) is 9.59 Å². The Morgan fingerprint density at radius 2 is 1.69 bits per heavy atom. The van der Waals surface area contributed by atoms with E-state index in [0.717, 1.165) is 5.56 Å². The van der Waals surface area contributed by atoms with Gasteiger partial charge in [-0.15, -0.1) is 0 Å².